The van der Waals surface area contributed by atoms with Crippen molar-refractivity contribution in [3.8, 4) is 0 Å². The van der Waals surface area contributed by atoms with Crippen molar-refractivity contribution in [2.45, 2.75) is 154 Å². The van der Waals surface area contributed by atoms with E-state index in [-0.39, 0.29) is 44.1 Å². The number of imidazole rings is 1. The smallest absolute Gasteiger partial charge is 0.326 e. The number of nitrogens with zero attached hydrogens (tertiary/aromatic N) is 2. The van der Waals surface area contributed by atoms with Crippen LogP contribution in [0.15, 0.2) is 17.5 Å². The Labute approximate surface area is 411 Å². The van der Waals surface area contributed by atoms with Gasteiger partial charge >= 0.3 is 11.9 Å². The second kappa shape index (κ2) is 32.0. The summed E-state index contributed by atoms with van der Waals surface area (Å²) in [6.45, 7) is 9.05. The minimum Gasteiger partial charge on any atom is -0.481 e. The zero-order chi connectivity index (χ0) is 54.0. The predicted octanol–water partition coefficient (Wildman–Crippen LogP) is -4.98. The molecular weight excluding hydrogens is 935 g/mol. The Morgan fingerprint density at radius 1 is 0.704 bits per heavy atom. The van der Waals surface area contributed by atoms with Crippen molar-refractivity contribution in [1.29, 1.82) is 0 Å². The van der Waals surface area contributed by atoms with Crippen molar-refractivity contribution < 1.29 is 63.3 Å². The molecule has 1 aromatic rings. The number of carboxylic acid groups (broad SMARTS) is 2. The van der Waals surface area contributed by atoms with Gasteiger partial charge in [0.2, 0.25) is 47.3 Å². The molecule has 10 atom stereocenters. The minimum atomic E-state index is -1.72. The Balaban J connectivity index is 3.12. The second-order valence-corrected chi connectivity index (χ2v) is 17.5. The van der Waals surface area contributed by atoms with Crippen LogP contribution in [0.2, 0.25) is 0 Å². The summed E-state index contributed by atoms with van der Waals surface area (Å²) in [5, 5.41) is 48.9. The Bertz CT molecular complexity index is 1960. The highest BCUT2D eigenvalue weighted by atomic mass is 16.4. The zero-order valence-corrected chi connectivity index (χ0v) is 41.1. The van der Waals surface area contributed by atoms with E-state index in [0.29, 0.717) is 37.9 Å². The number of hydrogen-bond acceptors (Lipinski definition) is 15. The number of rotatable bonds is 34. The number of aromatic amines is 1. The van der Waals surface area contributed by atoms with Gasteiger partial charge in [-0.3, -0.25) is 48.1 Å². The quantitative estimate of drug-likeness (QED) is 0.0175. The number of aliphatic imine (C=N–C) groups is 1. The van der Waals surface area contributed by atoms with E-state index in [0.717, 1.165) is 0 Å². The Morgan fingerprint density at radius 2 is 1.30 bits per heavy atom. The molecule has 0 saturated carbocycles. The van der Waals surface area contributed by atoms with E-state index in [1.54, 1.807) is 27.7 Å². The first-order chi connectivity index (χ1) is 33.3. The third-order valence-corrected chi connectivity index (χ3v) is 10.9. The maximum atomic E-state index is 13.9. The molecule has 1 heterocycles. The number of carboxylic acids is 2. The van der Waals surface area contributed by atoms with Crippen LogP contribution < -0.4 is 65.5 Å². The summed E-state index contributed by atoms with van der Waals surface area (Å²) in [7, 11) is 0. The molecule has 0 unspecified atom stereocenters. The molecule has 71 heavy (non-hydrogen) atoms. The highest BCUT2D eigenvalue weighted by molar-refractivity contribution is 5.98. The van der Waals surface area contributed by atoms with Gasteiger partial charge in [0.15, 0.2) is 5.96 Å². The molecule has 400 valence electrons. The first-order valence-electron chi connectivity index (χ1n) is 23.3. The first-order valence-corrected chi connectivity index (χ1v) is 23.3. The molecule has 0 radical (unpaired) electrons. The number of nitrogens with one attached hydrogen (secondary N) is 9. The van der Waals surface area contributed by atoms with Gasteiger partial charge in [-0.15, -0.1) is 0 Å². The summed E-state index contributed by atoms with van der Waals surface area (Å²) in [6.07, 6.45) is 1.91. The van der Waals surface area contributed by atoms with E-state index in [1.165, 1.54) is 26.4 Å². The SMILES string of the molecule is CC[C@H](C)[C@H](NC(=O)[C@@H](N)CCCN=C(N)N)C(=O)N[C@@H](CC(=O)O)C(=O)NCC(=O)N[C@@H](C)C(=O)N[C@@H](Cc1cnc[nH]1)C(=O)N[C@@H](CC(C)C)C(=O)N[C@H](C(=O)N[C@@H](CCCCN)C(=O)O)[C@@H](C)O. The standard InChI is InChI=1S/C43H75N15O13/c1-7-22(4)33(57-36(64)26(45)11-10-14-49-43(46)47)40(68)56-30(17-32(61)62)37(65)50-19-31(60)52-23(5)35(63)54-29(16-25-18-48-20-51-25)38(66)55-28(15-21(2)3)39(67)58-34(24(6)59)41(69)53-27(42(70)71)12-8-9-13-44/h18,20-24,26-30,33-34,59H,7-17,19,44-45H2,1-6H3,(H,48,51)(H,50,65)(H,52,60)(H,53,69)(H,54,63)(H,55,66)(H,56,68)(H,57,64)(H,58,67)(H,61,62)(H,70,71)(H4,46,47,49)/t22-,23-,24+,26-,27-,28-,29-,30-,33-,34-/m0/s1. The van der Waals surface area contributed by atoms with Crippen LogP contribution in [0.25, 0.3) is 0 Å². The van der Waals surface area contributed by atoms with Gasteiger partial charge in [-0.1, -0.05) is 34.1 Å². The van der Waals surface area contributed by atoms with Gasteiger partial charge in [0.25, 0.3) is 0 Å². The van der Waals surface area contributed by atoms with Gasteiger partial charge in [-0.25, -0.2) is 9.78 Å². The average Bonchev–Trinajstić information content (AvgIpc) is 3.81. The molecule has 0 fully saturated rings. The van der Waals surface area contributed by atoms with E-state index in [2.05, 4.69) is 57.5 Å². The number of aliphatic hydroxyl groups excluding tert-OH is 1. The molecule has 0 bridgehead atoms. The third kappa shape index (κ3) is 24.0. The molecular formula is C43H75N15O13. The summed E-state index contributed by atoms with van der Waals surface area (Å²) in [5.41, 5.74) is 22.5. The molecule has 1 rings (SSSR count). The van der Waals surface area contributed by atoms with E-state index in [9.17, 15) is 63.3 Å². The molecule has 20 N–H and O–H groups in total. The molecule has 1 aromatic heterocycles. The van der Waals surface area contributed by atoms with Crippen LogP contribution in [0, 0.1) is 11.8 Å². The molecule has 0 spiro atoms. The normalized spacial score (nSPS) is 15.3. The minimum absolute atomic E-state index is 0.00975. The maximum absolute atomic E-state index is 13.9. The van der Waals surface area contributed by atoms with Crippen molar-refractivity contribution in [3.63, 3.8) is 0 Å². The summed E-state index contributed by atoms with van der Waals surface area (Å²) < 4.78 is 0. The Kier molecular flexibility index (Phi) is 28.0. The van der Waals surface area contributed by atoms with E-state index in [4.69, 9.17) is 22.9 Å². The zero-order valence-electron chi connectivity index (χ0n) is 41.1. The molecule has 0 aromatic carbocycles. The van der Waals surface area contributed by atoms with Crippen LogP contribution >= 0.6 is 0 Å². The molecule has 0 saturated heterocycles. The number of guanidine groups is 1. The van der Waals surface area contributed by atoms with Crippen molar-refractivity contribution in [3.05, 3.63) is 18.2 Å². The van der Waals surface area contributed by atoms with Gasteiger partial charge in [0.05, 0.1) is 31.4 Å². The van der Waals surface area contributed by atoms with Crippen LogP contribution in [0.3, 0.4) is 0 Å². The Hall–Kier alpha value is -6.94. The van der Waals surface area contributed by atoms with Crippen molar-refractivity contribution in [2.24, 2.45) is 39.8 Å². The summed E-state index contributed by atoms with van der Waals surface area (Å²) in [4.78, 5) is 141. The number of amides is 8. The highest BCUT2D eigenvalue weighted by Gasteiger charge is 2.35. The van der Waals surface area contributed by atoms with E-state index in [1.807, 2.05) is 0 Å². The third-order valence-electron chi connectivity index (χ3n) is 10.9. The number of hydrogen-bond donors (Lipinski definition) is 16. The number of nitrogens with two attached hydrogens (primary N) is 4. The molecule has 28 heteroatoms. The van der Waals surface area contributed by atoms with Crippen LogP contribution in [0.1, 0.15) is 98.6 Å². The second-order valence-electron chi connectivity index (χ2n) is 17.5. The monoisotopic (exact) mass is 1010 g/mol. The van der Waals surface area contributed by atoms with Gasteiger partial charge < -0.3 is 85.8 Å². The molecule has 0 aliphatic carbocycles. The summed E-state index contributed by atoms with van der Waals surface area (Å²) in [5.74, 6) is -11.0. The summed E-state index contributed by atoms with van der Waals surface area (Å²) >= 11 is 0. The number of aliphatic hydroxyl groups is 1. The maximum Gasteiger partial charge on any atom is 0.326 e. The van der Waals surface area contributed by atoms with Crippen LogP contribution in [-0.2, 0) is 54.4 Å². The van der Waals surface area contributed by atoms with Gasteiger partial charge in [-0.2, -0.15) is 0 Å². The topological polar surface area (TPSA) is 473 Å². The van der Waals surface area contributed by atoms with E-state index >= 15 is 0 Å². The van der Waals surface area contributed by atoms with Crippen LogP contribution in [0.4, 0.5) is 0 Å². The fourth-order valence-electron chi connectivity index (χ4n) is 6.67. The number of carbonyl (C=O) groups is 10. The van der Waals surface area contributed by atoms with Crippen LogP contribution in [-0.4, -0.2) is 165 Å². The van der Waals surface area contributed by atoms with Gasteiger partial charge in [-0.05, 0) is 70.8 Å². The molecule has 0 aliphatic heterocycles. The van der Waals surface area contributed by atoms with Crippen molar-refractivity contribution >= 4 is 65.2 Å². The lowest BCUT2D eigenvalue weighted by molar-refractivity contribution is -0.143. The number of carbonyl (C=O) groups excluding carboxylic acids is 8. The van der Waals surface area contributed by atoms with E-state index < -0.39 is 133 Å². The molecule has 8 amide bonds. The lowest BCUT2D eigenvalue weighted by Gasteiger charge is -2.28. The van der Waals surface area contributed by atoms with Crippen LogP contribution in [0.5, 0.6) is 0 Å². The van der Waals surface area contributed by atoms with Gasteiger partial charge in [0, 0.05) is 24.9 Å². The largest absolute Gasteiger partial charge is 0.481 e. The predicted molar refractivity (Wildman–Crippen MR) is 256 cm³/mol. The molecule has 0 aliphatic rings. The molecule has 28 nitrogen and oxygen atoms in total. The summed E-state index contributed by atoms with van der Waals surface area (Å²) in [6, 6.07) is -11.1. The first kappa shape index (κ1) is 62.1. The lowest BCUT2D eigenvalue weighted by Crippen LogP contribution is -2.61. The highest BCUT2D eigenvalue weighted by Crippen LogP contribution is 2.12. The number of H-pyrrole nitrogens is 1. The van der Waals surface area contributed by atoms with Crippen molar-refractivity contribution in [1.82, 2.24) is 52.5 Å². The number of unbranched alkanes of at least 4 members (excludes halogenated alkanes) is 1. The Morgan fingerprint density at radius 3 is 1.85 bits per heavy atom. The van der Waals surface area contributed by atoms with Crippen molar-refractivity contribution in [2.75, 3.05) is 19.6 Å². The fraction of sp³-hybridized carbons (Fsp3) is 0.674. The number of aromatic nitrogens is 2. The number of aliphatic carboxylic acids is 2. The average molecular weight is 1010 g/mol. The fourth-order valence-corrected chi connectivity index (χ4v) is 6.67. The lowest BCUT2D eigenvalue weighted by atomic mass is 9.97. The van der Waals surface area contributed by atoms with Gasteiger partial charge in [0.1, 0.15) is 42.3 Å².